The van der Waals surface area contributed by atoms with Crippen LogP contribution in [0, 0.1) is 11.6 Å². The van der Waals surface area contributed by atoms with Gasteiger partial charge in [-0.3, -0.25) is 0 Å². The molecule has 2 heterocycles. The number of pyridine rings is 1. The van der Waals surface area contributed by atoms with Crippen LogP contribution in [0.3, 0.4) is 0 Å². The van der Waals surface area contributed by atoms with Crippen molar-refractivity contribution in [2.45, 2.75) is 11.8 Å². The van der Waals surface area contributed by atoms with E-state index in [4.69, 9.17) is 11.6 Å². The summed E-state index contributed by atoms with van der Waals surface area (Å²) < 4.78 is 25.8. The van der Waals surface area contributed by atoms with E-state index >= 15 is 0 Å². The predicted octanol–water partition coefficient (Wildman–Crippen LogP) is 2.18. The minimum atomic E-state index is -0.659. The van der Waals surface area contributed by atoms with Gasteiger partial charge in [-0.25, -0.2) is 13.8 Å². The number of aromatic nitrogens is 1. The maximum absolute atomic E-state index is 13.2. The van der Waals surface area contributed by atoms with E-state index in [0.29, 0.717) is 13.1 Å². The molecule has 1 aliphatic heterocycles. The van der Waals surface area contributed by atoms with E-state index in [1.165, 1.54) is 0 Å². The van der Waals surface area contributed by atoms with Crippen molar-refractivity contribution in [1.82, 2.24) is 4.98 Å². The molecule has 2 nitrogen and oxygen atoms in total. The average molecular weight is 219 g/mol. The Morgan fingerprint density at radius 1 is 1.50 bits per heavy atom. The summed E-state index contributed by atoms with van der Waals surface area (Å²) in [5, 5.41) is 0.0289. The van der Waals surface area contributed by atoms with E-state index in [-0.39, 0.29) is 11.2 Å². The summed E-state index contributed by atoms with van der Waals surface area (Å²) >= 11 is 5.87. The summed E-state index contributed by atoms with van der Waals surface area (Å²) in [6.07, 6.45) is 1.82. The van der Waals surface area contributed by atoms with Crippen molar-refractivity contribution in [1.29, 1.82) is 0 Å². The molecule has 1 aromatic heterocycles. The molecular formula is C9H9ClF2N2. The zero-order valence-corrected chi connectivity index (χ0v) is 8.14. The number of alkyl halides is 1. The maximum Gasteiger partial charge on any atom is 0.168 e. The molecule has 1 fully saturated rings. The highest BCUT2D eigenvalue weighted by Crippen LogP contribution is 2.23. The number of hydrogen-bond acceptors (Lipinski definition) is 2. The van der Waals surface area contributed by atoms with Gasteiger partial charge in [0.25, 0.3) is 0 Å². The van der Waals surface area contributed by atoms with Crippen LogP contribution in [0.1, 0.15) is 6.42 Å². The molecule has 0 amide bonds. The van der Waals surface area contributed by atoms with Crippen LogP contribution in [0.15, 0.2) is 12.3 Å². The summed E-state index contributed by atoms with van der Waals surface area (Å²) in [5.41, 5.74) is 0. The van der Waals surface area contributed by atoms with Crippen molar-refractivity contribution in [3.63, 3.8) is 0 Å². The summed E-state index contributed by atoms with van der Waals surface area (Å²) in [6.45, 7) is 1.24. The van der Waals surface area contributed by atoms with Gasteiger partial charge in [0.1, 0.15) is 5.82 Å². The second-order valence-corrected chi connectivity index (χ2v) is 3.91. The molecule has 0 N–H and O–H groups in total. The van der Waals surface area contributed by atoms with Gasteiger partial charge in [-0.1, -0.05) is 0 Å². The molecule has 1 aliphatic rings. The van der Waals surface area contributed by atoms with Gasteiger partial charge in [-0.2, -0.15) is 0 Å². The molecule has 0 aliphatic carbocycles. The van der Waals surface area contributed by atoms with Gasteiger partial charge in [0.15, 0.2) is 11.6 Å². The fourth-order valence-electron chi connectivity index (χ4n) is 1.55. The number of hydrogen-bond donors (Lipinski definition) is 0. The van der Waals surface area contributed by atoms with Gasteiger partial charge in [0.05, 0.1) is 11.6 Å². The Morgan fingerprint density at radius 3 is 2.86 bits per heavy atom. The van der Waals surface area contributed by atoms with Gasteiger partial charge in [-0.15, -0.1) is 11.6 Å². The van der Waals surface area contributed by atoms with Gasteiger partial charge in [0.2, 0.25) is 0 Å². The smallest absolute Gasteiger partial charge is 0.168 e. The second-order valence-electron chi connectivity index (χ2n) is 3.29. The van der Waals surface area contributed by atoms with Gasteiger partial charge in [0, 0.05) is 19.2 Å². The van der Waals surface area contributed by atoms with Crippen LogP contribution < -0.4 is 4.90 Å². The van der Waals surface area contributed by atoms with Crippen LogP contribution in [0.5, 0.6) is 0 Å². The summed E-state index contributed by atoms with van der Waals surface area (Å²) in [6, 6.07) is 0.837. The molecule has 2 rings (SSSR count). The summed E-state index contributed by atoms with van der Waals surface area (Å²) in [4.78, 5) is 5.44. The lowest BCUT2D eigenvalue weighted by Crippen LogP contribution is -2.22. The Bertz CT molecular complexity index is 346. The maximum atomic E-state index is 13.2. The Balaban J connectivity index is 2.24. The molecule has 0 spiro atoms. The lowest BCUT2D eigenvalue weighted by Gasteiger charge is -2.16. The molecule has 0 saturated carbocycles. The van der Waals surface area contributed by atoms with Gasteiger partial charge >= 0.3 is 0 Å². The third-order valence-electron chi connectivity index (χ3n) is 2.22. The fourth-order valence-corrected chi connectivity index (χ4v) is 1.81. The second kappa shape index (κ2) is 3.69. The number of anilines is 1. The number of rotatable bonds is 1. The molecule has 1 saturated heterocycles. The van der Waals surface area contributed by atoms with E-state index in [1.807, 2.05) is 0 Å². The molecule has 76 valence electrons. The first kappa shape index (κ1) is 9.65. The van der Waals surface area contributed by atoms with Crippen molar-refractivity contribution in [2.75, 3.05) is 18.0 Å². The lowest BCUT2D eigenvalue weighted by molar-refractivity contribution is 0.570. The zero-order chi connectivity index (χ0) is 10.1. The van der Waals surface area contributed by atoms with E-state index < -0.39 is 11.6 Å². The molecule has 0 aromatic carbocycles. The zero-order valence-electron chi connectivity index (χ0n) is 7.38. The van der Waals surface area contributed by atoms with Crippen LogP contribution >= 0.6 is 11.6 Å². The van der Waals surface area contributed by atoms with Gasteiger partial charge < -0.3 is 4.90 Å². The summed E-state index contributed by atoms with van der Waals surface area (Å²) in [7, 11) is 0. The fraction of sp³-hybridized carbons (Fsp3) is 0.444. The first-order valence-electron chi connectivity index (χ1n) is 4.37. The number of halogens is 3. The first-order chi connectivity index (χ1) is 6.66. The molecule has 1 aromatic rings. The highest BCUT2D eigenvalue weighted by molar-refractivity contribution is 6.21. The van der Waals surface area contributed by atoms with Gasteiger partial charge in [-0.05, 0) is 6.42 Å². The molecule has 0 radical (unpaired) electrons. The quantitative estimate of drug-likeness (QED) is 0.672. The molecule has 14 heavy (non-hydrogen) atoms. The predicted molar refractivity (Wildman–Crippen MR) is 50.6 cm³/mol. The van der Waals surface area contributed by atoms with Crippen molar-refractivity contribution in [2.24, 2.45) is 0 Å². The third kappa shape index (κ3) is 1.80. The Morgan fingerprint density at radius 2 is 2.29 bits per heavy atom. The molecule has 0 bridgehead atoms. The highest BCUT2D eigenvalue weighted by atomic mass is 35.5. The van der Waals surface area contributed by atoms with Crippen molar-refractivity contribution < 1.29 is 8.78 Å². The van der Waals surface area contributed by atoms with Crippen LogP contribution in [-0.4, -0.2) is 23.5 Å². The molecular weight excluding hydrogens is 210 g/mol. The van der Waals surface area contributed by atoms with E-state index in [2.05, 4.69) is 4.98 Å². The standard InChI is InChI=1S/C9H9ClF2N2/c10-6-1-2-14(5-6)9-8(12)3-7(11)4-13-9/h3-4,6H,1-2,5H2. The van der Waals surface area contributed by atoms with E-state index in [1.54, 1.807) is 4.90 Å². The molecule has 5 heteroatoms. The van der Waals surface area contributed by atoms with Crippen LogP contribution in [0.4, 0.5) is 14.6 Å². The van der Waals surface area contributed by atoms with Crippen LogP contribution in [0.25, 0.3) is 0 Å². The van der Waals surface area contributed by atoms with E-state index in [9.17, 15) is 8.78 Å². The Kier molecular flexibility index (Phi) is 2.54. The average Bonchev–Trinajstić information content (AvgIpc) is 2.51. The van der Waals surface area contributed by atoms with Crippen molar-refractivity contribution >= 4 is 17.4 Å². The van der Waals surface area contributed by atoms with Crippen LogP contribution in [-0.2, 0) is 0 Å². The summed E-state index contributed by atoms with van der Waals surface area (Å²) in [5.74, 6) is -1.10. The first-order valence-corrected chi connectivity index (χ1v) is 4.80. The molecule has 1 unspecified atom stereocenters. The van der Waals surface area contributed by atoms with Crippen molar-refractivity contribution in [3.05, 3.63) is 23.9 Å². The topological polar surface area (TPSA) is 16.1 Å². The monoisotopic (exact) mass is 218 g/mol. The van der Waals surface area contributed by atoms with Crippen molar-refractivity contribution in [3.8, 4) is 0 Å². The minimum absolute atomic E-state index is 0.0289. The largest absolute Gasteiger partial charge is 0.353 e. The lowest BCUT2D eigenvalue weighted by atomic mass is 10.4. The third-order valence-corrected chi connectivity index (χ3v) is 2.57. The normalized spacial score (nSPS) is 21.6. The molecule has 1 atom stereocenters. The number of nitrogens with zero attached hydrogens (tertiary/aromatic N) is 2. The Hall–Kier alpha value is -0.900. The highest BCUT2D eigenvalue weighted by Gasteiger charge is 2.23. The Labute approximate surface area is 85.5 Å². The van der Waals surface area contributed by atoms with Crippen LogP contribution in [0.2, 0.25) is 0 Å². The van der Waals surface area contributed by atoms with E-state index in [0.717, 1.165) is 18.7 Å². The minimum Gasteiger partial charge on any atom is -0.353 e. The SMILES string of the molecule is Fc1cnc(N2CCC(Cl)C2)c(F)c1.